The third kappa shape index (κ3) is 6.34. The maximum atomic E-state index is 13.5. The van der Waals surface area contributed by atoms with Gasteiger partial charge in [-0.25, -0.2) is 0 Å². The van der Waals surface area contributed by atoms with Crippen molar-refractivity contribution in [3.05, 3.63) is 65.2 Å². The van der Waals surface area contributed by atoms with E-state index in [9.17, 15) is 4.79 Å². The van der Waals surface area contributed by atoms with Crippen LogP contribution in [0.2, 0.25) is 0 Å². The monoisotopic (exact) mass is 422 g/mol. The van der Waals surface area contributed by atoms with E-state index in [1.807, 2.05) is 23.1 Å². The topological polar surface area (TPSA) is 42.0 Å². The highest BCUT2D eigenvalue weighted by atomic mass is 16.5. The van der Waals surface area contributed by atoms with Crippen LogP contribution in [0.3, 0.4) is 0 Å². The molecule has 2 aromatic rings. The maximum Gasteiger partial charge on any atom is 0.254 e. The molecule has 5 heteroatoms. The van der Waals surface area contributed by atoms with Crippen LogP contribution in [0.1, 0.15) is 42.1 Å². The number of carbonyl (C=O) groups is 1. The second-order valence-corrected chi connectivity index (χ2v) is 8.29. The van der Waals surface area contributed by atoms with Crippen LogP contribution in [0.15, 0.2) is 54.1 Å². The summed E-state index contributed by atoms with van der Waals surface area (Å²) in [5, 5.41) is 0. The summed E-state index contributed by atoms with van der Waals surface area (Å²) in [6.45, 7) is 4.52. The minimum absolute atomic E-state index is 0.00124. The van der Waals surface area contributed by atoms with Gasteiger partial charge in [-0.2, -0.15) is 0 Å². The van der Waals surface area contributed by atoms with Gasteiger partial charge in [0.25, 0.3) is 5.91 Å². The van der Waals surface area contributed by atoms with Crippen molar-refractivity contribution in [2.45, 2.75) is 32.2 Å². The maximum absolute atomic E-state index is 13.5. The quantitative estimate of drug-likeness (QED) is 0.586. The van der Waals surface area contributed by atoms with E-state index in [-0.39, 0.29) is 5.91 Å². The highest BCUT2D eigenvalue weighted by Crippen LogP contribution is 2.25. The fourth-order valence-corrected chi connectivity index (χ4v) is 4.20. The van der Waals surface area contributed by atoms with Crippen LogP contribution < -0.4 is 9.47 Å². The van der Waals surface area contributed by atoms with Gasteiger partial charge in [-0.05, 0) is 57.5 Å². The first-order valence-electron chi connectivity index (χ1n) is 10.9. The van der Waals surface area contributed by atoms with E-state index in [0.717, 1.165) is 24.1 Å². The van der Waals surface area contributed by atoms with Gasteiger partial charge in [0, 0.05) is 30.8 Å². The van der Waals surface area contributed by atoms with Crippen molar-refractivity contribution >= 4 is 12.0 Å². The SMILES string of the molecule is COc1cc(OC)cc(C(=O)N(CCC2CCCN2C)CC(C)=Cc2ccccc2)c1. The summed E-state index contributed by atoms with van der Waals surface area (Å²) in [4.78, 5) is 17.9. The molecule has 1 fully saturated rings. The number of benzene rings is 2. The lowest BCUT2D eigenvalue weighted by Gasteiger charge is -2.27. The normalized spacial score (nSPS) is 16.9. The van der Waals surface area contributed by atoms with Crippen molar-refractivity contribution in [1.29, 1.82) is 0 Å². The smallest absolute Gasteiger partial charge is 0.254 e. The second-order valence-electron chi connectivity index (χ2n) is 8.29. The molecule has 0 spiro atoms. The minimum Gasteiger partial charge on any atom is -0.497 e. The molecule has 1 aliphatic heterocycles. The summed E-state index contributed by atoms with van der Waals surface area (Å²) in [6, 6.07) is 16.1. The number of ether oxygens (including phenoxy) is 2. The number of nitrogens with zero attached hydrogens (tertiary/aromatic N) is 2. The van der Waals surface area contributed by atoms with Gasteiger partial charge in [-0.1, -0.05) is 42.0 Å². The number of carbonyl (C=O) groups excluding carboxylic acids is 1. The number of likely N-dealkylation sites (tertiary alicyclic amines) is 1. The Morgan fingerprint density at radius 2 is 1.81 bits per heavy atom. The minimum atomic E-state index is -0.00124. The second kappa shape index (κ2) is 11.0. The Kier molecular flexibility index (Phi) is 8.13. The molecule has 0 radical (unpaired) electrons. The van der Waals surface area contributed by atoms with Crippen LogP contribution in [0.5, 0.6) is 11.5 Å². The molecule has 0 N–H and O–H groups in total. The van der Waals surface area contributed by atoms with Crippen molar-refractivity contribution < 1.29 is 14.3 Å². The summed E-state index contributed by atoms with van der Waals surface area (Å²) < 4.78 is 10.7. The zero-order valence-corrected chi connectivity index (χ0v) is 19.1. The molecule has 3 rings (SSSR count). The first kappa shape index (κ1) is 22.9. The van der Waals surface area contributed by atoms with Crippen molar-refractivity contribution in [3.8, 4) is 11.5 Å². The standard InChI is InChI=1S/C26H34N2O3/c1-20(15-21-9-6-5-7-10-21)19-28(14-12-23-11-8-13-27(23)2)26(29)22-16-24(30-3)18-25(17-22)31-4/h5-7,9-10,15-18,23H,8,11-14,19H2,1-4H3. The molecule has 1 aliphatic rings. The molecule has 166 valence electrons. The molecule has 31 heavy (non-hydrogen) atoms. The lowest BCUT2D eigenvalue weighted by Crippen LogP contribution is -2.37. The summed E-state index contributed by atoms with van der Waals surface area (Å²) in [5.41, 5.74) is 2.88. The highest BCUT2D eigenvalue weighted by Gasteiger charge is 2.24. The molecule has 2 aromatic carbocycles. The summed E-state index contributed by atoms with van der Waals surface area (Å²) in [7, 11) is 5.38. The van der Waals surface area contributed by atoms with E-state index >= 15 is 0 Å². The number of methoxy groups -OCH3 is 2. The number of hydrogen-bond acceptors (Lipinski definition) is 4. The van der Waals surface area contributed by atoms with Gasteiger partial charge in [0.2, 0.25) is 0 Å². The van der Waals surface area contributed by atoms with E-state index in [4.69, 9.17) is 9.47 Å². The Balaban J connectivity index is 1.82. The molecule has 0 bridgehead atoms. The van der Waals surface area contributed by atoms with Crippen LogP contribution in [0.25, 0.3) is 6.08 Å². The highest BCUT2D eigenvalue weighted by molar-refractivity contribution is 5.95. The predicted octanol–water partition coefficient (Wildman–Crippen LogP) is 4.73. The Labute approximate surface area is 186 Å². The Morgan fingerprint density at radius 3 is 2.39 bits per heavy atom. The van der Waals surface area contributed by atoms with Gasteiger partial charge in [-0.3, -0.25) is 4.79 Å². The van der Waals surface area contributed by atoms with E-state index in [1.54, 1.807) is 32.4 Å². The largest absolute Gasteiger partial charge is 0.497 e. The summed E-state index contributed by atoms with van der Waals surface area (Å²) in [6.07, 6.45) is 5.55. The number of rotatable bonds is 9. The molecule has 0 saturated carbocycles. The molecule has 1 atom stereocenters. The molecule has 1 heterocycles. The lowest BCUT2D eigenvalue weighted by atomic mass is 10.1. The van der Waals surface area contributed by atoms with E-state index in [2.05, 4.69) is 37.1 Å². The van der Waals surface area contributed by atoms with Gasteiger partial charge in [0.15, 0.2) is 0 Å². The van der Waals surface area contributed by atoms with Crippen LogP contribution >= 0.6 is 0 Å². The average Bonchev–Trinajstić information content (AvgIpc) is 3.20. The van der Waals surface area contributed by atoms with Crippen LogP contribution in [-0.2, 0) is 0 Å². The number of amides is 1. The predicted molar refractivity (Wildman–Crippen MR) is 126 cm³/mol. The first-order chi connectivity index (χ1) is 15.0. The zero-order valence-electron chi connectivity index (χ0n) is 19.1. The van der Waals surface area contributed by atoms with Gasteiger partial charge in [0.05, 0.1) is 14.2 Å². The Hall–Kier alpha value is -2.79. The third-order valence-corrected chi connectivity index (χ3v) is 5.94. The lowest BCUT2D eigenvalue weighted by molar-refractivity contribution is 0.0757. The first-order valence-corrected chi connectivity index (χ1v) is 10.9. The van der Waals surface area contributed by atoms with E-state index < -0.39 is 0 Å². The van der Waals surface area contributed by atoms with Gasteiger partial charge >= 0.3 is 0 Å². The molecule has 0 aliphatic carbocycles. The van der Waals surface area contributed by atoms with Crippen molar-refractivity contribution in [2.24, 2.45) is 0 Å². The van der Waals surface area contributed by atoms with Crippen LogP contribution in [0.4, 0.5) is 0 Å². The molecular weight excluding hydrogens is 388 g/mol. The van der Waals surface area contributed by atoms with Gasteiger partial charge in [-0.15, -0.1) is 0 Å². The molecule has 1 unspecified atom stereocenters. The van der Waals surface area contributed by atoms with Crippen LogP contribution in [0, 0.1) is 0 Å². The van der Waals surface area contributed by atoms with Crippen LogP contribution in [-0.4, -0.2) is 62.7 Å². The molecule has 1 amide bonds. The molecular formula is C26H34N2O3. The molecule has 5 nitrogen and oxygen atoms in total. The average molecular weight is 423 g/mol. The van der Waals surface area contributed by atoms with Gasteiger partial charge in [0.1, 0.15) is 11.5 Å². The number of hydrogen-bond donors (Lipinski definition) is 0. The van der Waals surface area contributed by atoms with E-state index in [0.29, 0.717) is 36.2 Å². The fraction of sp³-hybridized carbons (Fsp3) is 0.423. The fourth-order valence-electron chi connectivity index (χ4n) is 4.20. The van der Waals surface area contributed by atoms with Crippen molar-refractivity contribution in [2.75, 3.05) is 40.9 Å². The Bertz CT molecular complexity index is 873. The molecule has 0 aromatic heterocycles. The zero-order chi connectivity index (χ0) is 22.2. The van der Waals surface area contributed by atoms with Gasteiger partial charge < -0.3 is 19.3 Å². The third-order valence-electron chi connectivity index (χ3n) is 5.94. The summed E-state index contributed by atoms with van der Waals surface area (Å²) >= 11 is 0. The summed E-state index contributed by atoms with van der Waals surface area (Å²) in [5.74, 6) is 1.24. The Morgan fingerprint density at radius 1 is 1.13 bits per heavy atom. The van der Waals surface area contributed by atoms with E-state index in [1.165, 1.54) is 12.8 Å². The van der Waals surface area contributed by atoms with Crippen molar-refractivity contribution in [3.63, 3.8) is 0 Å². The van der Waals surface area contributed by atoms with Crippen molar-refractivity contribution in [1.82, 2.24) is 9.80 Å². The molecule has 1 saturated heterocycles.